The van der Waals surface area contributed by atoms with Crippen LogP contribution >= 0.6 is 0 Å². The summed E-state index contributed by atoms with van der Waals surface area (Å²) in [5, 5.41) is 15.0. The SMILES string of the molecule is CC(=O)NCCN1CCOc2ccc(O)cc21.COc1ccc2c(c1)N(CCNC(C)=O)CCO2. The highest BCUT2D eigenvalue weighted by Gasteiger charge is 2.19. The topological polar surface area (TPSA) is 113 Å². The van der Waals surface area contributed by atoms with Crippen molar-refractivity contribution in [1.82, 2.24) is 10.6 Å². The predicted octanol–water partition coefficient (Wildman–Crippen LogP) is 1.76. The van der Waals surface area contributed by atoms with E-state index >= 15 is 0 Å². The molecule has 0 fully saturated rings. The van der Waals surface area contributed by atoms with Crippen molar-refractivity contribution >= 4 is 23.2 Å². The van der Waals surface area contributed by atoms with Gasteiger partial charge < -0.3 is 39.8 Å². The Morgan fingerprint density at radius 3 is 1.91 bits per heavy atom. The van der Waals surface area contributed by atoms with Gasteiger partial charge in [-0.25, -0.2) is 0 Å². The molecule has 10 heteroatoms. The third kappa shape index (κ3) is 7.59. The lowest BCUT2D eigenvalue weighted by molar-refractivity contribution is -0.119. The van der Waals surface area contributed by atoms with E-state index in [1.54, 1.807) is 25.3 Å². The lowest BCUT2D eigenvalue weighted by Crippen LogP contribution is -2.38. The summed E-state index contributed by atoms with van der Waals surface area (Å²) >= 11 is 0. The second-order valence-electron chi connectivity index (χ2n) is 8.12. The van der Waals surface area contributed by atoms with E-state index < -0.39 is 0 Å². The van der Waals surface area contributed by atoms with E-state index in [0.29, 0.717) is 32.8 Å². The molecule has 0 saturated carbocycles. The Balaban J connectivity index is 0.000000196. The lowest BCUT2D eigenvalue weighted by atomic mass is 10.2. The van der Waals surface area contributed by atoms with E-state index in [4.69, 9.17) is 14.2 Å². The minimum atomic E-state index is -0.0330. The first-order chi connectivity index (χ1) is 16.9. The summed E-state index contributed by atoms with van der Waals surface area (Å²) < 4.78 is 16.3. The average molecular weight is 487 g/mol. The molecule has 3 N–H and O–H groups in total. The number of amides is 2. The van der Waals surface area contributed by atoms with Crippen molar-refractivity contribution in [3.05, 3.63) is 36.4 Å². The van der Waals surface area contributed by atoms with Gasteiger partial charge in [0.2, 0.25) is 11.8 Å². The number of carbonyl (C=O) groups excluding carboxylic acids is 2. The van der Waals surface area contributed by atoms with Crippen molar-refractivity contribution < 1.29 is 28.9 Å². The van der Waals surface area contributed by atoms with Crippen LogP contribution in [0.3, 0.4) is 0 Å². The zero-order valence-electron chi connectivity index (χ0n) is 20.5. The summed E-state index contributed by atoms with van der Waals surface area (Å²) in [6, 6.07) is 10.8. The van der Waals surface area contributed by atoms with Gasteiger partial charge in [0.1, 0.15) is 36.2 Å². The maximum Gasteiger partial charge on any atom is 0.216 e. The number of phenols is 1. The summed E-state index contributed by atoms with van der Waals surface area (Å²) in [5.74, 6) is 2.63. The fourth-order valence-electron chi connectivity index (χ4n) is 3.84. The molecule has 0 radical (unpaired) electrons. The average Bonchev–Trinajstić information content (AvgIpc) is 2.84. The van der Waals surface area contributed by atoms with Crippen LogP contribution in [0.4, 0.5) is 11.4 Å². The van der Waals surface area contributed by atoms with Crippen LogP contribution in [0, 0.1) is 0 Å². The Labute approximate surface area is 205 Å². The highest BCUT2D eigenvalue weighted by Crippen LogP contribution is 2.35. The molecule has 2 aromatic carbocycles. The maximum absolute atomic E-state index is 10.9. The van der Waals surface area contributed by atoms with Crippen LogP contribution in [0.15, 0.2) is 36.4 Å². The number of rotatable bonds is 7. The molecule has 0 atom stereocenters. The minimum Gasteiger partial charge on any atom is -0.508 e. The lowest BCUT2D eigenvalue weighted by Gasteiger charge is -2.31. The normalized spacial score (nSPS) is 13.7. The number of hydrogen-bond acceptors (Lipinski definition) is 8. The maximum atomic E-state index is 10.9. The molecule has 2 heterocycles. The molecular weight excluding hydrogens is 452 g/mol. The minimum absolute atomic E-state index is 0.00544. The number of nitrogens with one attached hydrogen (secondary N) is 2. The van der Waals surface area contributed by atoms with Crippen LogP contribution in [-0.2, 0) is 9.59 Å². The smallest absolute Gasteiger partial charge is 0.216 e. The van der Waals surface area contributed by atoms with E-state index in [1.165, 1.54) is 13.8 Å². The monoisotopic (exact) mass is 486 g/mol. The number of phenolic OH excluding ortho intramolecular Hbond substituents is 1. The molecule has 2 amide bonds. The van der Waals surface area contributed by atoms with Gasteiger partial charge >= 0.3 is 0 Å². The molecule has 0 saturated heterocycles. The van der Waals surface area contributed by atoms with Crippen LogP contribution in [-0.4, -0.2) is 76.5 Å². The molecule has 2 aliphatic heterocycles. The van der Waals surface area contributed by atoms with Crippen LogP contribution in [0.2, 0.25) is 0 Å². The summed E-state index contributed by atoms with van der Waals surface area (Å²) in [4.78, 5) is 25.9. The van der Waals surface area contributed by atoms with Crippen LogP contribution in [0.25, 0.3) is 0 Å². The van der Waals surface area contributed by atoms with Gasteiger partial charge in [0.15, 0.2) is 0 Å². The largest absolute Gasteiger partial charge is 0.508 e. The Morgan fingerprint density at radius 1 is 0.886 bits per heavy atom. The van der Waals surface area contributed by atoms with Crippen molar-refractivity contribution in [2.24, 2.45) is 0 Å². The van der Waals surface area contributed by atoms with Gasteiger partial charge in [-0.2, -0.15) is 0 Å². The van der Waals surface area contributed by atoms with Gasteiger partial charge in [-0.05, 0) is 24.3 Å². The number of anilines is 2. The highest BCUT2D eigenvalue weighted by molar-refractivity contribution is 5.73. The number of nitrogens with zero attached hydrogens (tertiary/aromatic N) is 2. The van der Waals surface area contributed by atoms with Crippen molar-refractivity contribution in [1.29, 1.82) is 0 Å². The third-order valence-electron chi connectivity index (χ3n) is 5.54. The van der Waals surface area contributed by atoms with Crippen LogP contribution < -0.4 is 34.6 Å². The number of aromatic hydroxyl groups is 1. The van der Waals surface area contributed by atoms with E-state index in [1.807, 2.05) is 18.2 Å². The van der Waals surface area contributed by atoms with E-state index in [9.17, 15) is 14.7 Å². The van der Waals surface area contributed by atoms with Gasteiger partial charge in [0, 0.05) is 52.2 Å². The molecule has 4 rings (SSSR count). The summed E-state index contributed by atoms with van der Waals surface area (Å²) in [5.41, 5.74) is 1.90. The Hall–Kier alpha value is -3.82. The Bertz CT molecular complexity index is 1020. The van der Waals surface area contributed by atoms with Gasteiger partial charge in [0.25, 0.3) is 0 Å². The van der Waals surface area contributed by atoms with E-state index in [2.05, 4.69) is 20.4 Å². The number of carbonyl (C=O) groups is 2. The number of benzene rings is 2. The Kier molecular flexibility index (Phi) is 9.28. The fourth-order valence-corrected chi connectivity index (χ4v) is 3.84. The van der Waals surface area contributed by atoms with Crippen LogP contribution in [0.1, 0.15) is 13.8 Å². The molecule has 0 aromatic heterocycles. The standard InChI is InChI=1S/C13H18N2O3.C12H16N2O3/c1-10(16)14-5-6-15-7-8-18-13-4-3-11(17-2)9-12(13)15;1-9(15)13-4-5-14-6-7-17-12-3-2-10(16)8-11(12)14/h3-4,9H,5-8H2,1-2H3,(H,14,16);2-3,8,16H,4-7H2,1H3,(H,13,15). The van der Waals surface area contributed by atoms with Gasteiger partial charge in [-0.1, -0.05) is 0 Å². The fraction of sp³-hybridized carbons (Fsp3) is 0.440. The van der Waals surface area contributed by atoms with Crippen molar-refractivity contribution in [3.8, 4) is 23.0 Å². The van der Waals surface area contributed by atoms with Crippen molar-refractivity contribution in [2.75, 3.05) is 69.4 Å². The summed E-state index contributed by atoms with van der Waals surface area (Å²) in [7, 11) is 1.65. The molecule has 2 aliphatic rings. The molecule has 35 heavy (non-hydrogen) atoms. The zero-order valence-corrected chi connectivity index (χ0v) is 20.5. The first-order valence-corrected chi connectivity index (χ1v) is 11.6. The van der Waals surface area contributed by atoms with Gasteiger partial charge in [-0.15, -0.1) is 0 Å². The third-order valence-corrected chi connectivity index (χ3v) is 5.54. The first kappa shape index (κ1) is 25.8. The molecule has 2 aromatic rings. The molecule has 10 nitrogen and oxygen atoms in total. The zero-order chi connectivity index (χ0) is 25.2. The number of hydrogen-bond donors (Lipinski definition) is 3. The molecule has 0 unspecified atom stereocenters. The van der Waals surface area contributed by atoms with E-state index in [0.717, 1.165) is 48.3 Å². The first-order valence-electron chi connectivity index (χ1n) is 11.6. The van der Waals surface area contributed by atoms with Gasteiger partial charge in [-0.3, -0.25) is 9.59 Å². The predicted molar refractivity (Wildman–Crippen MR) is 134 cm³/mol. The highest BCUT2D eigenvalue weighted by atomic mass is 16.5. The van der Waals surface area contributed by atoms with Gasteiger partial charge in [0.05, 0.1) is 31.6 Å². The number of ether oxygens (including phenoxy) is 3. The second kappa shape index (κ2) is 12.6. The second-order valence-corrected chi connectivity index (χ2v) is 8.12. The summed E-state index contributed by atoms with van der Waals surface area (Å²) in [6.45, 7) is 8.58. The molecule has 0 aliphatic carbocycles. The number of methoxy groups -OCH3 is 1. The van der Waals surface area contributed by atoms with Crippen molar-refractivity contribution in [3.63, 3.8) is 0 Å². The molecule has 0 bridgehead atoms. The van der Waals surface area contributed by atoms with Crippen molar-refractivity contribution in [2.45, 2.75) is 13.8 Å². The molecule has 0 spiro atoms. The molecular formula is C25H34N4O6. The van der Waals surface area contributed by atoms with Crippen LogP contribution in [0.5, 0.6) is 23.0 Å². The number of fused-ring (bicyclic) bond motifs is 2. The molecule has 190 valence electrons. The quantitative estimate of drug-likeness (QED) is 0.543. The van der Waals surface area contributed by atoms with E-state index in [-0.39, 0.29) is 17.6 Å². The Morgan fingerprint density at radius 2 is 1.40 bits per heavy atom. The summed E-state index contributed by atoms with van der Waals surface area (Å²) in [6.07, 6.45) is 0.